The smallest absolute Gasteiger partial charge is 0.317 e. The molecule has 372 valence electrons. The van der Waals surface area contributed by atoms with Gasteiger partial charge in [-0.05, 0) is 197 Å². The van der Waals surface area contributed by atoms with E-state index < -0.39 is 38.8 Å². The number of hydrogen-bond acceptors (Lipinski definition) is 9. The second kappa shape index (κ2) is 13.7. The lowest BCUT2D eigenvalue weighted by Gasteiger charge is -2.70. The third kappa shape index (κ3) is 5.38. The first-order valence-electron chi connectivity index (χ1n) is 26.4. The Morgan fingerprint density at radius 3 is 1.65 bits per heavy atom. The monoisotopic (exact) mass is 943 g/mol. The highest BCUT2D eigenvalue weighted by atomic mass is 16.7. The highest BCUT2D eigenvalue weighted by Gasteiger charge is 2.72. The van der Waals surface area contributed by atoms with Crippen molar-refractivity contribution in [3.63, 3.8) is 0 Å². The molecule has 1 N–H and O–H groups in total. The Morgan fingerprint density at radius 2 is 1.12 bits per heavy atom. The minimum absolute atomic E-state index is 0.0570. The SMILES string of the molecule is COC(=O)[C@]1(C)CC[C@]2(C)CC[C@]3(C)C4=CC=C5C(=CC(=O)[C@]6(O)Oc7cc8c(c(C)c7O[C@]56C)C(=O)C=C5[C@@]8(C)CC[C@@]6(C)[C@@H]7C[C@](C)(C(=O)OC)CC[C@]7(C)CC[C@]56C)[C@]4(C)CC[C@@]3(C)[C@@H]2C1. The first-order valence-corrected chi connectivity index (χ1v) is 26.4. The fourth-order valence-corrected chi connectivity index (χ4v) is 18.9. The van der Waals surface area contributed by atoms with Crippen LogP contribution in [-0.2, 0) is 29.3 Å². The summed E-state index contributed by atoms with van der Waals surface area (Å²) in [5.41, 5.74) is 1.75. The van der Waals surface area contributed by atoms with Crippen LogP contribution < -0.4 is 9.47 Å². The van der Waals surface area contributed by atoms with E-state index in [2.05, 4.69) is 81.4 Å². The van der Waals surface area contributed by atoms with Gasteiger partial charge in [0.15, 0.2) is 17.3 Å². The molecule has 14 atom stereocenters. The van der Waals surface area contributed by atoms with E-state index in [1.807, 2.05) is 19.1 Å². The molecule has 1 heterocycles. The number of aliphatic hydroxyl groups is 1. The third-order valence-corrected chi connectivity index (χ3v) is 24.2. The van der Waals surface area contributed by atoms with Gasteiger partial charge in [0.05, 0.1) is 25.0 Å². The molecule has 69 heavy (non-hydrogen) atoms. The maximum atomic E-state index is 15.0. The van der Waals surface area contributed by atoms with Crippen molar-refractivity contribution in [1.29, 1.82) is 0 Å². The zero-order valence-electron chi connectivity index (χ0n) is 44.2. The van der Waals surface area contributed by atoms with Crippen LogP contribution in [-0.4, -0.2) is 54.2 Å². The molecule has 0 spiro atoms. The highest BCUT2D eigenvalue weighted by molar-refractivity contribution is 6.10. The number of methoxy groups -OCH3 is 2. The number of allylic oxidation sites excluding steroid dienone is 5. The number of rotatable bonds is 2. The molecule has 6 fully saturated rings. The lowest BCUT2D eigenvalue weighted by Crippen LogP contribution is -2.70. The van der Waals surface area contributed by atoms with Crippen LogP contribution in [0.25, 0.3) is 0 Å². The Bertz CT molecular complexity index is 2720. The number of ether oxygens (including phenoxy) is 4. The van der Waals surface area contributed by atoms with E-state index in [-0.39, 0.29) is 61.9 Å². The van der Waals surface area contributed by atoms with Gasteiger partial charge in [0.2, 0.25) is 11.4 Å². The number of ketones is 2. The summed E-state index contributed by atoms with van der Waals surface area (Å²) in [6.07, 6.45) is 20.5. The van der Waals surface area contributed by atoms with Gasteiger partial charge in [-0.3, -0.25) is 19.2 Å². The summed E-state index contributed by atoms with van der Waals surface area (Å²) in [6.45, 7) is 27.0. The lowest BCUT2D eigenvalue weighted by atomic mass is 9.34. The molecule has 10 aliphatic rings. The van der Waals surface area contributed by atoms with Crippen molar-refractivity contribution in [1.82, 2.24) is 0 Å². The maximum Gasteiger partial charge on any atom is 0.317 e. The fourth-order valence-electron chi connectivity index (χ4n) is 18.9. The average Bonchev–Trinajstić information content (AvgIpc) is 3.30. The summed E-state index contributed by atoms with van der Waals surface area (Å²) in [5.74, 6) is -1.99. The van der Waals surface area contributed by atoms with Gasteiger partial charge in [0, 0.05) is 27.5 Å². The number of carbonyl (C=O) groups excluding carboxylic acids is 4. The zero-order valence-corrected chi connectivity index (χ0v) is 44.2. The summed E-state index contributed by atoms with van der Waals surface area (Å²) in [7, 11) is 3.01. The zero-order chi connectivity index (χ0) is 49.9. The fraction of sp³-hybridized carbons (Fsp3) is 0.700. The van der Waals surface area contributed by atoms with E-state index in [0.29, 0.717) is 22.8 Å². The van der Waals surface area contributed by atoms with Crippen LogP contribution in [0.4, 0.5) is 0 Å². The van der Waals surface area contributed by atoms with Crippen LogP contribution >= 0.6 is 0 Å². The molecule has 0 amide bonds. The molecule has 1 aromatic rings. The highest BCUT2D eigenvalue weighted by Crippen LogP contribution is 2.78. The Morgan fingerprint density at radius 1 is 0.609 bits per heavy atom. The third-order valence-electron chi connectivity index (χ3n) is 24.2. The van der Waals surface area contributed by atoms with Crippen molar-refractivity contribution in [2.24, 2.45) is 60.6 Å². The van der Waals surface area contributed by atoms with Gasteiger partial charge in [-0.1, -0.05) is 73.1 Å². The van der Waals surface area contributed by atoms with E-state index in [1.165, 1.54) is 19.8 Å². The van der Waals surface area contributed by atoms with Crippen LogP contribution in [0.3, 0.4) is 0 Å². The second-order valence-electron chi connectivity index (χ2n) is 27.2. The predicted octanol–water partition coefficient (Wildman–Crippen LogP) is 12.1. The molecule has 0 saturated heterocycles. The first kappa shape index (κ1) is 47.4. The molecule has 0 radical (unpaired) electrons. The summed E-state index contributed by atoms with van der Waals surface area (Å²) in [6, 6.07) is 1.91. The number of carbonyl (C=O) groups is 4. The topological polar surface area (TPSA) is 125 Å². The van der Waals surface area contributed by atoms with E-state index in [4.69, 9.17) is 18.9 Å². The van der Waals surface area contributed by atoms with E-state index in [9.17, 15) is 24.3 Å². The minimum Gasteiger partial charge on any atom is -0.471 e. The molecule has 0 bridgehead atoms. The molecule has 6 saturated carbocycles. The molecule has 0 aromatic heterocycles. The van der Waals surface area contributed by atoms with Gasteiger partial charge in [-0.25, -0.2) is 0 Å². The molecule has 1 aliphatic heterocycles. The predicted molar refractivity (Wildman–Crippen MR) is 263 cm³/mol. The van der Waals surface area contributed by atoms with Crippen LogP contribution in [0.15, 0.2) is 52.7 Å². The van der Waals surface area contributed by atoms with Crippen molar-refractivity contribution in [3.05, 3.63) is 69.4 Å². The molecule has 11 rings (SSSR count). The van der Waals surface area contributed by atoms with Crippen LogP contribution in [0.1, 0.15) is 188 Å². The summed E-state index contributed by atoms with van der Waals surface area (Å²) in [4.78, 5) is 56.5. The normalized spacial score (nSPS) is 48.9. The lowest BCUT2D eigenvalue weighted by molar-refractivity contribution is -0.231. The number of esters is 2. The van der Waals surface area contributed by atoms with Gasteiger partial charge < -0.3 is 24.1 Å². The van der Waals surface area contributed by atoms with E-state index >= 15 is 0 Å². The van der Waals surface area contributed by atoms with Crippen molar-refractivity contribution >= 4 is 23.5 Å². The largest absolute Gasteiger partial charge is 0.471 e. The van der Waals surface area contributed by atoms with Gasteiger partial charge in [0.1, 0.15) is 0 Å². The quantitative estimate of drug-likeness (QED) is 0.289. The number of hydrogen-bond donors (Lipinski definition) is 1. The molecule has 0 unspecified atom stereocenters. The van der Waals surface area contributed by atoms with Crippen molar-refractivity contribution in [3.8, 4) is 11.5 Å². The minimum atomic E-state index is -2.37. The molecule has 9 aliphatic carbocycles. The Hall–Kier alpha value is -3.98. The molecule has 1 aromatic carbocycles. The van der Waals surface area contributed by atoms with Crippen molar-refractivity contribution in [2.45, 2.75) is 190 Å². The summed E-state index contributed by atoms with van der Waals surface area (Å²) < 4.78 is 24.7. The number of fused-ring (bicyclic) bond motifs is 17. The summed E-state index contributed by atoms with van der Waals surface area (Å²) >= 11 is 0. The Kier molecular flexibility index (Phi) is 9.43. The Balaban J connectivity index is 0.968. The maximum absolute atomic E-state index is 15.0. The second-order valence-corrected chi connectivity index (χ2v) is 27.2. The van der Waals surface area contributed by atoms with Crippen LogP contribution in [0.5, 0.6) is 11.5 Å². The van der Waals surface area contributed by atoms with Gasteiger partial charge in [-0.2, -0.15) is 0 Å². The van der Waals surface area contributed by atoms with Crippen LogP contribution in [0.2, 0.25) is 0 Å². The Labute approximate surface area is 410 Å². The van der Waals surface area contributed by atoms with Gasteiger partial charge in [-0.15, -0.1) is 0 Å². The van der Waals surface area contributed by atoms with E-state index in [0.717, 1.165) is 112 Å². The molecule has 9 nitrogen and oxygen atoms in total. The molecular formula is C60H78O9. The van der Waals surface area contributed by atoms with Gasteiger partial charge >= 0.3 is 17.7 Å². The first-order chi connectivity index (χ1) is 32.0. The van der Waals surface area contributed by atoms with Crippen molar-refractivity contribution < 1.29 is 43.2 Å². The van der Waals surface area contributed by atoms with Gasteiger partial charge in [0.25, 0.3) is 0 Å². The number of benzene rings is 1. The molecular weight excluding hydrogens is 865 g/mol. The van der Waals surface area contributed by atoms with E-state index in [1.54, 1.807) is 13.0 Å². The van der Waals surface area contributed by atoms with Crippen LogP contribution in [0, 0.1) is 67.5 Å². The van der Waals surface area contributed by atoms with Crippen molar-refractivity contribution in [2.75, 3.05) is 14.2 Å². The average molecular weight is 943 g/mol. The summed E-state index contributed by atoms with van der Waals surface area (Å²) in [5, 5.41) is 12.9. The standard InChI is InChI=1S/C60H78O9/c1-34-45-37(54(7)24-28-58(11)43-33-52(5,48(64)67-14)20-18-50(43,3)22-26-56(58,9)41(54)31-38(45)61)29-39-46(34)69-59(12)35-15-16-40-53(6,36(35)30-44(62)60(59,65)68-39)23-27-57(10)42-32-51(4,47(63)66-13)19-17-49(42,2)21-25-55(40,57)8/h15-16,29-31,42-43,65H,17-28,32-33H2,1-14H3/t42-,43-,49-,50-,51-,52-,53+,54+,55-,56-,57+,58+,59-,60+/m1/s1. The molecule has 9 heteroatoms.